The lowest BCUT2D eigenvalue weighted by Gasteiger charge is -2.18. The molecule has 22 heavy (non-hydrogen) atoms. The minimum absolute atomic E-state index is 0.0145. The van der Waals surface area contributed by atoms with Crippen molar-refractivity contribution >= 4 is 11.8 Å². The number of benzene rings is 1. The highest BCUT2D eigenvalue weighted by molar-refractivity contribution is 5.85. The molecule has 0 aromatic heterocycles. The third-order valence-corrected chi connectivity index (χ3v) is 4.12. The Morgan fingerprint density at radius 2 is 2.05 bits per heavy atom. The van der Waals surface area contributed by atoms with E-state index in [1.807, 2.05) is 24.3 Å². The topological polar surface area (TPSA) is 58.6 Å². The summed E-state index contributed by atoms with van der Waals surface area (Å²) in [6, 6.07) is 7.62. The smallest absolute Gasteiger partial charge is 0.242 e. The third-order valence-electron chi connectivity index (χ3n) is 4.12. The number of likely N-dealkylation sites (N-methyl/N-ethyl adjacent to an activating group) is 1. The van der Waals surface area contributed by atoms with Crippen LogP contribution >= 0.6 is 0 Å². The van der Waals surface area contributed by atoms with Gasteiger partial charge in [0.05, 0.1) is 13.7 Å². The molecule has 1 aromatic rings. The van der Waals surface area contributed by atoms with E-state index in [4.69, 9.17) is 4.74 Å². The lowest BCUT2D eigenvalue weighted by Crippen LogP contribution is -2.39. The third kappa shape index (κ3) is 4.48. The van der Waals surface area contributed by atoms with Gasteiger partial charge in [-0.1, -0.05) is 25.0 Å². The molecule has 0 spiro atoms. The summed E-state index contributed by atoms with van der Waals surface area (Å²) < 4.78 is 5.17. The van der Waals surface area contributed by atoms with E-state index >= 15 is 0 Å². The minimum Gasteiger partial charge on any atom is -0.497 e. The quantitative estimate of drug-likeness (QED) is 0.874. The van der Waals surface area contributed by atoms with Crippen LogP contribution in [0.2, 0.25) is 0 Å². The number of nitrogens with zero attached hydrogens (tertiary/aromatic N) is 1. The van der Waals surface area contributed by atoms with Crippen LogP contribution in [0.25, 0.3) is 0 Å². The lowest BCUT2D eigenvalue weighted by atomic mass is 10.1. The van der Waals surface area contributed by atoms with Crippen LogP contribution < -0.4 is 10.1 Å². The highest BCUT2D eigenvalue weighted by Gasteiger charge is 2.23. The molecule has 120 valence electrons. The predicted molar refractivity (Wildman–Crippen MR) is 84.4 cm³/mol. The number of carbonyl (C=O) groups is 2. The van der Waals surface area contributed by atoms with E-state index in [-0.39, 0.29) is 24.3 Å². The van der Waals surface area contributed by atoms with Gasteiger partial charge in [0, 0.05) is 19.5 Å². The predicted octanol–water partition coefficient (Wildman–Crippen LogP) is 1.96. The van der Waals surface area contributed by atoms with Crippen LogP contribution in [-0.2, 0) is 16.1 Å². The van der Waals surface area contributed by atoms with Crippen molar-refractivity contribution in [2.24, 2.45) is 5.92 Å². The maximum atomic E-state index is 12.1. The van der Waals surface area contributed by atoms with Crippen molar-refractivity contribution < 1.29 is 14.3 Å². The highest BCUT2D eigenvalue weighted by atomic mass is 16.5. The fourth-order valence-electron chi connectivity index (χ4n) is 2.76. The number of nitrogens with one attached hydrogen (secondary N) is 1. The Hall–Kier alpha value is -2.04. The van der Waals surface area contributed by atoms with E-state index in [1.165, 1.54) is 0 Å². The van der Waals surface area contributed by atoms with E-state index in [1.54, 1.807) is 19.1 Å². The van der Waals surface area contributed by atoms with Crippen molar-refractivity contribution in [2.45, 2.75) is 32.2 Å². The summed E-state index contributed by atoms with van der Waals surface area (Å²) in [5, 5.41) is 2.76. The maximum Gasteiger partial charge on any atom is 0.242 e. The fraction of sp³-hybridized carbons (Fsp3) is 0.529. The van der Waals surface area contributed by atoms with Crippen LogP contribution in [0, 0.1) is 5.92 Å². The van der Waals surface area contributed by atoms with Gasteiger partial charge in [-0.15, -0.1) is 0 Å². The Bertz CT molecular complexity index is 524. The summed E-state index contributed by atoms with van der Waals surface area (Å²) >= 11 is 0. The first-order chi connectivity index (χ1) is 10.6. The second kappa shape index (κ2) is 7.82. The minimum atomic E-state index is -0.0887. The Labute approximate surface area is 131 Å². The van der Waals surface area contributed by atoms with Crippen LogP contribution in [0.1, 0.15) is 31.2 Å². The summed E-state index contributed by atoms with van der Waals surface area (Å²) in [5.41, 5.74) is 0.998. The molecular weight excluding hydrogens is 280 g/mol. The number of ether oxygens (including phenoxy) is 1. The first-order valence-corrected chi connectivity index (χ1v) is 7.74. The number of carbonyl (C=O) groups excluding carboxylic acids is 2. The van der Waals surface area contributed by atoms with E-state index in [9.17, 15) is 9.59 Å². The van der Waals surface area contributed by atoms with E-state index in [2.05, 4.69) is 5.32 Å². The molecular formula is C17H24N2O3. The zero-order valence-electron chi connectivity index (χ0n) is 13.3. The average molecular weight is 304 g/mol. The Kier molecular flexibility index (Phi) is 5.81. The summed E-state index contributed by atoms with van der Waals surface area (Å²) in [5.74, 6) is 0.791. The SMILES string of the molecule is COc1cccc(CN(C)C(=O)CNC(=O)C2CCCC2)c1. The zero-order valence-corrected chi connectivity index (χ0v) is 13.3. The van der Waals surface area contributed by atoms with Crippen LogP contribution in [0.4, 0.5) is 0 Å². The van der Waals surface area contributed by atoms with Crippen molar-refractivity contribution in [3.05, 3.63) is 29.8 Å². The summed E-state index contributed by atoms with van der Waals surface area (Å²) in [6.45, 7) is 0.561. The molecule has 1 aliphatic rings. The second-order valence-electron chi connectivity index (χ2n) is 5.80. The molecule has 2 amide bonds. The van der Waals surface area contributed by atoms with Crippen LogP contribution in [-0.4, -0.2) is 37.4 Å². The molecule has 1 N–H and O–H groups in total. The normalized spacial score (nSPS) is 14.6. The van der Waals surface area contributed by atoms with Crippen molar-refractivity contribution in [1.82, 2.24) is 10.2 Å². The summed E-state index contributed by atoms with van der Waals surface area (Å²) in [4.78, 5) is 25.6. The molecule has 5 heteroatoms. The van der Waals surface area contributed by atoms with Crippen LogP contribution in [0.3, 0.4) is 0 Å². The zero-order chi connectivity index (χ0) is 15.9. The molecule has 0 radical (unpaired) electrons. The maximum absolute atomic E-state index is 12.1. The Balaban J connectivity index is 1.79. The Morgan fingerprint density at radius 3 is 2.73 bits per heavy atom. The Morgan fingerprint density at radius 1 is 1.32 bits per heavy atom. The largest absolute Gasteiger partial charge is 0.497 e. The van der Waals surface area contributed by atoms with Gasteiger partial charge in [-0.25, -0.2) is 0 Å². The fourth-order valence-corrected chi connectivity index (χ4v) is 2.76. The number of rotatable bonds is 6. The van der Waals surface area contributed by atoms with E-state index < -0.39 is 0 Å². The standard InChI is InChI=1S/C17H24N2O3/c1-19(12-13-6-5-9-15(10-13)22-2)16(20)11-18-17(21)14-7-3-4-8-14/h5-6,9-10,14H,3-4,7-8,11-12H2,1-2H3,(H,18,21). The summed E-state index contributed by atoms with van der Waals surface area (Å²) in [6.07, 6.45) is 4.11. The summed E-state index contributed by atoms with van der Waals surface area (Å²) in [7, 11) is 3.36. The number of amides is 2. The molecule has 0 atom stereocenters. The van der Waals surface area contributed by atoms with Gasteiger partial charge in [0.15, 0.2) is 0 Å². The van der Waals surface area contributed by atoms with Crippen molar-refractivity contribution in [3.8, 4) is 5.75 Å². The van der Waals surface area contributed by atoms with E-state index in [0.717, 1.165) is 37.0 Å². The molecule has 1 fully saturated rings. The van der Waals surface area contributed by atoms with Crippen molar-refractivity contribution in [3.63, 3.8) is 0 Å². The van der Waals surface area contributed by atoms with E-state index in [0.29, 0.717) is 6.54 Å². The van der Waals surface area contributed by atoms with Gasteiger partial charge >= 0.3 is 0 Å². The molecule has 5 nitrogen and oxygen atoms in total. The average Bonchev–Trinajstić information content (AvgIpc) is 3.06. The molecule has 0 aliphatic heterocycles. The molecule has 1 aliphatic carbocycles. The van der Waals surface area contributed by atoms with Crippen LogP contribution in [0.15, 0.2) is 24.3 Å². The molecule has 0 heterocycles. The van der Waals surface area contributed by atoms with Gasteiger partial charge in [0.25, 0.3) is 0 Å². The first kappa shape index (κ1) is 16.3. The number of hydrogen-bond acceptors (Lipinski definition) is 3. The van der Waals surface area contributed by atoms with Gasteiger partial charge in [0.1, 0.15) is 5.75 Å². The second-order valence-corrected chi connectivity index (χ2v) is 5.80. The molecule has 2 rings (SSSR count). The molecule has 0 bridgehead atoms. The van der Waals surface area contributed by atoms with Gasteiger partial charge in [-0.05, 0) is 30.5 Å². The molecule has 0 unspecified atom stereocenters. The number of hydrogen-bond donors (Lipinski definition) is 1. The first-order valence-electron chi connectivity index (χ1n) is 7.74. The van der Waals surface area contributed by atoms with Crippen molar-refractivity contribution in [1.29, 1.82) is 0 Å². The monoisotopic (exact) mass is 304 g/mol. The van der Waals surface area contributed by atoms with Gasteiger partial charge in [-0.3, -0.25) is 9.59 Å². The number of methoxy groups -OCH3 is 1. The van der Waals surface area contributed by atoms with Gasteiger partial charge in [-0.2, -0.15) is 0 Å². The molecule has 1 saturated carbocycles. The van der Waals surface area contributed by atoms with Crippen LogP contribution in [0.5, 0.6) is 5.75 Å². The lowest BCUT2D eigenvalue weighted by molar-refractivity contribution is -0.133. The van der Waals surface area contributed by atoms with Gasteiger partial charge in [0.2, 0.25) is 11.8 Å². The highest BCUT2D eigenvalue weighted by Crippen LogP contribution is 2.24. The molecule has 1 aromatic carbocycles. The van der Waals surface area contributed by atoms with Crippen molar-refractivity contribution in [2.75, 3.05) is 20.7 Å². The van der Waals surface area contributed by atoms with Gasteiger partial charge < -0.3 is 15.0 Å². The molecule has 0 saturated heterocycles.